The molecule has 0 amide bonds. The molecular weight excluding hydrogens is 272 g/mol. The lowest BCUT2D eigenvalue weighted by molar-refractivity contribution is -0.138. The Labute approximate surface area is 125 Å². The van der Waals surface area contributed by atoms with Gasteiger partial charge in [0.15, 0.2) is 0 Å². The van der Waals surface area contributed by atoms with E-state index in [-0.39, 0.29) is 0 Å². The molecule has 0 aliphatic carbocycles. The van der Waals surface area contributed by atoms with Crippen molar-refractivity contribution in [3.8, 4) is 0 Å². The summed E-state index contributed by atoms with van der Waals surface area (Å²) >= 11 is 1.67. The first-order valence-electron chi connectivity index (χ1n) is 6.77. The number of hydrogen-bond donors (Lipinski definition) is 2. The van der Waals surface area contributed by atoms with Crippen LogP contribution in [0.2, 0.25) is 0 Å². The first-order chi connectivity index (χ1) is 9.67. The van der Waals surface area contributed by atoms with E-state index in [0.29, 0.717) is 19.4 Å². The summed E-state index contributed by atoms with van der Waals surface area (Å²) in [5.74, 6) is -0.902. The molecule has 1 atom stereocenters. The van der Waals surface area contributed by atoms with Crippen LogP contribution in [-0.4, -0.2) is 36.1 Å². The molecule has 0 heterocycles. The minimum absolute atomic E-state index is 0.477. The molecular formula is C15H24N2O2S. The highest BCUT2D eigenvalue weighted by Gasteiger charge is 2.13. The van der Waals surface area contributed by atoms with Gasteiger partial charge in [-0.05, 0) is 43.3 Å². The van der Waals surface area contributed by atoms with E-state index in [1.54, 1.807) is 18.0 Å². The lowest BCUT2D eigenvalue weighted by Gasteiger charge is -2.05. The fourth-order valence-electron chi connectivity index (χ4n) is 1.44. The maximum atomic E-state index is 11.0. The third-order valence-electron chi connectivity index (χ3n) is 2.49. The summed E-state index contributed by atoms with van der Waals surface area (Å²) in [5, 5.41) is 9.00. The van der Waals surface area contributed by atoms with E-state index in [1.807, 2.05) is 44.4 Å². The van der Waals surface area contributed by atoms with E-state index >= 15 is 0 Å². The number of hydrogen-bond acceptors (Lipinski definition) is 4. The number of aliphatic carboxylic acids is 1. The number of aliphatic imine (C=N–C) groups is 1. The van der Waals surface area contributed by atoms with Crippen molar-refractivity contribution in [3.63, 3.8) is 0 Å². The molecule has 1 rings (SSSR count). The second kappa shape index (κ2) is 11.5. The fraction of sp³-hybridized carbons (Fsp3) is 0.467. The zero-order chi connectivity index (χ0) is 15.4. The van der Waals surface area contributed by atoms with Gasteiger partial charge in [-0.15, -0.1) is 11.8 Å². The molecule has 0 aliphatic rings. The predicted octanol–water partition coefficient (Wildman–Crippen LogP) is 3.05. The van der Waals surface area contributed by atoms with Crippen molar-refractivity contribution >= 4 is 23.9 Å². The average Bonchev–Trinajstić information content (AvgIpc) is 2.49. The quantitative estimate of drug-likeness (QED) is 0.599. The van der Waals surface area contributed by atoms with Crippen LogP contribution in [-0.2, 0) is 4.79 Å². The van der Waals surface area contributed by atoms with Crippen LogP contribution in [0.4, 0.5) is 0 Å². The summed E-state index contributed by atoms with van der Waals surface area (Å²) in [5.41, 5.74) is 6.28. The SMILES string of the molecule is CC.CSc1ccc(C=NC(CCCN)C(=O)O)cc1. The van der Waals surface area contributed by atoms with Crippen molar-refractivity contribution in [2.24, 2.45) is 10.7 Å². The summed E-state index contributed by atoms with van der Waals surface area (Å²) in [4.78, 5) is 16.2. The summed E-state index contributed by atoms with van der Waals surface area (Å²) in [6.07, 6.45) is 4.76. The lowest BCUT2D eigenvalue weighted by Crippen LogP contribution is -2.19. The van der Waals surface area contributed by atoms with Gasteiger partial charge in [-0.2, -0.15) is 0 Å². The summed E-state index contributed by atoms with van der Waals surface area (Å²) < 4.78 is 0. The molecule has 0 aliphatic heterocycles. The molecule has 5 heteroatoms. The van der Waals surface area contributed by atoms with Gasteiger partial charge in [-0.1, -0.05) is 26.0 Å². The van der Waals surface area contributed by atoms with Crippen LogP contribution in [0.3, 0.4) is 0 Å². The Balaban J connectivity index is 0.00000172. The van der Waals surface area contributed by atoms with Crippen LogP contribution in [0.15, 0.2) is 34.2 Å². The molecule has 0 fully saturated rings. The molecule has 3 N–H and O–H groups in total. The number of benzene rings is 1. The highest BCUT2D eigenvalue weighted by molar-refractivity contribution is 7.98. The zero-order valence-electron chi connectivity index (χ0n) is 12.4. The molecule has 20 heavy (non-hydrogen) atoms. The molecule has 1 unspecified atom stereocenters. The Morgan fingerprint density at radius 3 is 2.45 bits per heavy atom. The molecule has 0 saturated heterocycles. The minimum Gasteiger partial charge on any atom is -0.480 e. The van der Waals surface area contributed by atoms with Crippen LogP contribution in [0.1, 0.15) is 32.3 Å². The number of nitrogens with zero attached hydrogens (tertiary/aromatic N) is 1. The van der Waals surface area contributed by atoms with Crippen molar-refractivity contribution in [3.05, 3.63) is 29.8 Å². The second-order valence-electron chi connectivity index (χ2n) is 3.84. The van der Waals surface area contributed by atoms with Gasteiger partial charge >= 0.3 is 5.97 Å². The van der Waals surface area contributed by atoms with Crippen molar-refractivity contribution in [1.29, 1.82) is 0 Å². The van der Waals surface area contributed by atoms with E-state index in [2.05, 4.69) is 4.99 Å². The first kappa shape index (κ1) is 18.7. The smallest absolute Gasteiger partial charge is 0.328 e. The standard InChI is InChI=1S/C13H18N2O2S.C2H6/c1-18-11-6-4-10(5-7-11)9-15-12(13(16)17)3-2-8-14;1-2/h4-7,9,12H,2-3,8,14H2,1H3,(H,16,17);1-2H3. The summed E-state index contributed by atoms with van der Waals surface area (Å²) in [6.45, 7) is 4.49. The monoisotopic (exact) mass is 296 g/mol. The largest absolute Gasteiger partial charge is 0.480 e. The Morgan fingerprint density at radius 1 is 1.40 bits per heavy atom. The van der Waals surface area contributed by atoms with E-state index in [0.717, 1.165) is 5.56 Å². The van der Waals surface area contributed by atoms with Crippen LogP contribution in [0, 0.1) is 0 Å². The highest BCUT2D eigenvalue weighted by atomic mass is 32.2. The van der Waals surface area contributed by atoms with Crippen LogP contribution < -0.4 is 5.73 Å². The number of rotatable bonds is 7. The maximum absolute atomic E-state index is 11.0. The molecule has 0 spiro atoms. The Morgan fingerprint density at radius 2 is 2.00 bits per heavy atom. The number of thioether (sulfide) groups is 1. The van der Waals surface area contributed by atoms with Gasteiger partial charge in [0.2, 0.25) is 0 Å². The molecule has 0 saturated carbocycles. The van der Waals surface area contributed by atoms with Crippen molar-refractivity contribution in [2.45, 2.75) is 37.6 Å². The van der Waals surface area contributed by atoms with Gasteiger partial charge in [0.05, 0.1) is 0 Å². The summed E-state index contributed by atoms with van der Waals surface area (Å²) in [6, 6.07) is 7.13. The number of carboxylic acid groups (broad SMARTS) is 1. The maximum Gasteiger partial charge on any atom is 0.328 e. The van der Waals surface area contributed by atoms with E-state index in [9.17, 15) is 4.79 Å². The molecule has 0 aromatic heterocycles. The van der Waals surface area contributed by atoms with E-state index in [4.69, 9.17) is 10.8 Å². The fourth-order valence-corrected chi connectivity index (χ4v) is 1.85. The van der Waals surface area contributed by atoms with Crippen molar-refractivity contribution in [1.82, 2.24) is 0 Å². The van der Waals surface area contributed by atoms with Gasteiger partial charge < -0.3 is 10.8 Å². The van der Waals surface area contributed by atoms with Gasteiger partial charge in [-0.25, -0.2) is 4.79 Å². The normalized spacial score (nSPS) is 11.8. The van der Waals surface area contributed by atoms with Gasteiger partial charge in [-0.3, -0.25) is 4.99 Å². The second-order valence-corrected chi connectivity index (χ2v) is 4.72. The number of nitrogens with two attached hydrogens (primary N) is 1. The van der Waals surface area contributed by atoms with Gasteiger partial charge in [0.25, 0.3) is 0 Å². The van der Waals surface area contributed by atoms with Crippen LogP contribution in [0.25, 0.3) is 0 Å². The van der Waals surface area contributed by atoms with Crippen LogP contribution >= 0.6 is 11.8 Å². The van der Waals surface area contributed by atoms with E-state index < -0.39 is 12.0 Å². The lowest BCUT2D eigenvalue weighted by atomic mass is 10.1. The third-order valence-corrected chi connectivity index (χ3v) is 3.23. The molecule has 0 bridgehead atoms. The molecule has 1 aromatic rings. The summed E-state index contributed by atoms with van der Waals surface area (Å²) in [7, 11) is 0. The minimum atomic E-state index is -0.902. The van der Waals surface area contributed by atoms with Gasteiger partial charge in [0.1, 0.15) is 6.04 Å². The van der Waals surface area contributed by atoms with Gasteiger partial charge in [0, 0.05) is 11.1 Å². The highest BCUT2D eigenvalue weighted by Crippen LogP contribution is 2.14. The Kier molecular flexibility index (Phi) is 10.7. The number of carboxylic acids is 1. The Hall–Kier alpha value is -1.33. The number of carbonyl (C=O) groups is 1. The first-order valence-corrected chi connectivity index (χ1v) is 8.00. The predicted molar refractivity (Wildman–Crippen MR) is 86.9 cm³/mol. The average molecular weight is 296 g/mol. The van der Waals surface area contributed by atoms with Crippen LogP contribution in [0.5, 0.6) is 0 Å². The van der Waals surface area contributed by atoms with Crippen molar-refractivity contribution < 1.29 is 9.90 Å². The van der Waals surface area contributed by atoms with E-state index in [1.165, 1.54) is 4.90 Å². The third kappa shape index (κ3) is 7.31. The molecule has 4 nitrogen and oxygen atoms in total. The Bertz CT molecular complexity index is 405. The molecule has 1 aromatic carbocycles. The molecule has 0 radical (unpaired) electrons. The zero-order valence-corrected chi connectivity index (χ0v) is 13.2. The molecule has 112 valence electrons. The van der Waals surface area contributed by atoms with Crippen molar-refractivity contribution in [2.75, 3.05) is 12.8 Å². The topological polar surface area (TPSA) is 75.7 Å².